The first-order chi connectivity index (χ1) is 3.45. The second-order valence-electron chi connectivity index (χ2n) is 2.15. The Kier molecular flexibility index (Phi) is 3.15. The molecule has 2 heteroatoms. The number of ether oxygens (including phenoxy) is 2. The number of hydrogen-bond acceptors (Lipinski definition) is 2. The summed E-state index contributed by atoms with van der Waals surface area (Å²) in [5.74, 6) is 0. The van der Waals surface area contributed by atoms with Crippen molar-refractivity contribution in [1.82, 2.24) is 0 Å². The maximum atomic E-state index is 4.98. The summed E-state index contributed by atoms with van der Waals surface area (Å²) >= 11 is 0. The highest BCUT2D eigenvalue weighted by molar-refractivity contribution is 4.79. The predicted octanol–water partition coefficient (Wildman–Crippen LogP) is 1.45. The first kappa shape index (κ1) is 8.92. The van der Waals surface area contributed by atoms with E-state index in [4.69, 9.17) is 9.47 Å². The Morgan fingerprint density at radius 2 is 1.33 bits per heavy atom. The van der Waals surface area contributed by atoms with E-state index in [0.717, 1.165) is 19.6 Å². The lowest BCUT2D eigenvalue weighted by Gasteiger charge is -1.80. The molecule has 2 nitrogen and oxygen atoms in total. The zero-order valence-corrected chi connectivity index (χ0v) is 4.09. The largest absolute Gasteiger partial charge is 0.373 e. The van der Waals surface area contributed by atoms with E-state index >= 15 is 0 Å². The number of epoxide rings is 2. The molecule has 2 aliphatic heterocycles. The molecule has 2 heterocycles. The third-order valence-corrected chi connectivity index (χ3v) is 1.33. The Morgan fingerprint density at radius 1 is 1.00 bits per heavy atom. The van der Waals surface area contributed by atoms with E-state index in [9.17, 15) is 0 Å². The molecule has 2 unspecified atom stereocenters. The van der Waals surface area contributed by atoms with E-state index in [2.05, 4.69) is 0 Å². The van der Waals surface area contributed by atoms with Crippen LogP contribution in [0, 0.1) is 0 Å². The summed E-state index contributed by atoms with van der Waals surface area (Å²) in [6, 6.07) is 0. The molecule has 0 spiro atoms. The first-order valence-corrected chi connectivity index (χ1v) is 2.68. The van der Waals surface area contributed by atoms with Crippen LogP contribution in [0.25, 0.3) is 0 Å². The van der Waals surface area contributed by atoms with Crippen LogP contribution in [-0.4, -0.2) is 25.4 Å². The quantitative estimate of drug-likeness (QED) is 0.531. The molecule has 0 aromatic rings. The number of hydrogen-bond donors (Lipinski definition) is 0. The van der Waals surface area contributed by atoms with Crippen LogP contribution in [0.15, 0.2) is 0 Å². The standard InChI is InChI=1S/C5H8O2.2CH4/c1(4-2-6-4)5-3-7-5;;/h4-5H,1-3H2;2*1H4. The van der Waals surface area contributed by atoms with Gasteiger partial charge in [0.15, 0.2) is 0 Å². The van der Waals surface area contributed by atoms with Crippen molar-refractivity contribution < 1.29 is 9.47 Å². The van der Waals surface area contributed by atoms with Gasteiger partial charge in [-0.15, -0.1) is 0 Å². The van der Waals surface area contributed by atoms with E-state index in [-0.39, 0.29) is 14.9 Å². The van der Waals surface area contributed by atoms with Gasteiger partial charge in [-0.2, -0.15) is 0 Å². The highest BCUT2D eigenvalue weighted by Gasteiger charge is 2.32. The molecule has 0 N–H and O–H groups in total. The summed E-state index contributed by atoms with van der Waals surface area (Å²) in [4.78, 5) is 0. The lowest BCUT2D eigenvalue weighted by Crippen LogP contribution is -1.90. The molecular formula is C7H16O2. The first-order valence-electron chi connectivity index (χ1n) is 2.68. The highest BCUT2D eigenvalue weighted by atomic mass is 16.6. The molecule has 9 heavy (non-hydrogen) atoms. The molecule has 2 fully saturated rings. The van der Waals surface area contributed by atoms with Gasteiger partial charge in [-0.25, -0.2) is 0 Å². The fraction of sp³-hybridized carbons (Fsp3) is 1.00. The Morgan fingerprint density at radius 3 is 1.56 bits per heavy atom. The molecule has 0 amide bonds. The average Bonchev–Trinajstić information content (AvgIpc) is 2.33. The summed E-state index contributed by atoms with van der Waals surface area (Å²) in [5, 5.41) is 0. The van der Waals surface area contributed by atoms with Gasteiger partial charge in [0.25, 0.3) is 0 Å². The second-order valence-corrected chi connectivity index (χ2v) is 2.15. The summed E-state index contributed by atoms with van der Waals surface area (Å²) in [6.45, 7) is 1.94. The van der Waals surface area contributed by atoms with E-state index in [1.54, 1.807) is 0 Å². The van der Waals surface area contributed by atoms with E-state index in [1.807, 2.05) is 0 Å². The molecule has 0 bridgehead atoms. The van der Waals surface area contributed by atoms with Crippen molar-refractivity contribution >= 4 is 0 Å². The second kappa shape index (κ2) is 3.18. The molecule has 0 aromatic carbocycles. The van der Waals surface area contributed by atoms with E-state index in [0.29, 0.717) is 12.2 Å². The third kappa shape index (κ3) is 2.82. The van der Waals surface area contributed by atoms with Gasteiger partial charge in [0.05, 0.1) is 25.4 Å². The van der Waals surface area contributed by atoms with Crippen molar-refractivity contribution in [3.05, 3.63) is 0 Å². The van der Waals surface area contributed by atoms with Crippen LogP contribution in [0.3, 0.4) is 0 Å². The Balaban J connectivity index is 0.000000320. The van der Waals surface area contributed by atoms with Gasteiger partial charge >= 0.3 is 0 Å². The zero-order chi connectivity index (χ0) is 4.69. The Hall–Kier alpha value is -0.0800. The third-order valence-electron chi connectivity index (χ3n) is 1.33. The van der Waals surface area contributed by atoms with Gasteiger partial charge in [-0.3, -0.25) is 0 Å². The minimum Gasteiger partial charge on any atom is -0.373 e. The van der Waals surface area contributed by atoms with E-state index < -0.39 is 0 Å². The summed E-state index contributed by atoms with van der Waals surface area (Å²) in [5.41, 5.74) is 0. The Labute approximate surface area is 57.2 Å². The fourth-order valence-corrected chi connectivity index (χ4v) is 0.701. The normalized spacial score (nSPS) is 36.0. The zero-order valence-electron chi connectivity index (χ0n) is 4.09. The molecule has 0 aliphatic carbocycles. The molecule has 56 valence electrons. The summed E-state index contributed by atoms with van der Waals surface area (Å²) < 4.78 is 9.96. The van der Waals surface area contributed by atoms with Crippen LogP contribution in [0.4, 0.5) is 0 Å². The van der Waals surface area contributed by atoms with Crippen LogP contribution in [-0.2, 0) is 9.47 Å². The maximum Gasteiger partial charge on any atom is 0.0835 e. The molecule has 2 aliphatic rings. The minimum atomic E-state index is 0. The highest BCUT2D eigenvalue weighted by Crippen LogP contribution is 2.23. The maximum absolute atomic E-state index is 4.98. The van der Waals surface area contributed by atoms with Crippen molar-refractivity contribution in [2.24, 2.45) is 0 Å². The van der Waals surface area contributed by atoms with Gasteiger partial charge in [0, 0.05) is 6.42 Å². The molecule has 2 atom stereocenters. The Bertz CT molecular complexity index is 65.0. The summed E-state index contributed by atoms with van der Waals surface area (Å²) in [7, 11) is 0. The van der Waals surface area contributed by atoms with Crippen LogP contribution in [0.5, 0.6) is 0 Å². The molecule has 2 rings (SSSR count). The van der Waals surface area contributed by atoms with Crippen LogP contribution < -0.4 is 0 Å². The van der Waals surface area contributed by atoms with Crippen LogP contribution >= 0.6 is 0 Å². The molecule has 0 aromatic heterocycles. The van der Waals surface area contributed by atoms with Gasteiger partial charge in [-0.05, 0) is 0 Å². The lowest BCUT2D eigenvalue weighted by atomic mass is 10.3. The van der Waals surface area contributed by atoms with Gasteiger partial charge in [0.2, 0.25) is 0 Å². The minimum absolute atomic E-state index is 0. The topological polar surface area (TPSA) is 25.1 Å². The smallest absolute Gasteiger partial charge is 0.0835 e. The van der Waals surface area contributed by atoms with Gasteiger partial charge in [0.1, 0.15) is 0 Å². The van der Waals surface area contributed by atoms with Crippen molar-refractivity contribution in [1.29, 1.82) is 0 Å². The van der Waals surface area contributed by atoms with Crippen molar-refractivity contribution in [2.75, 3.05) is 13.2 Å². The predicted molar refractivity (Wildman–Crippen MR) is 37.6 cm³/mol. The molecule has 0 radical (unpaired) electrons. The van der Waals surface area contributed by atoms with Gasteiger partial charge in [-0.1, -0.05) is 14.9 Å². The van der Waals surface area contributed by atoms with Crippen molar-refractivity contribution in [2.45, 2.75) is 33.5 Å². The fourth-order valence-electron chi connectivity index (χ4n) is 0.701. The van der Waals surface area contributed by atoms with Crippen LogP contribution in [0.2, 0.25) is 0 Å². The monoisotopic (exact) mass is 132 g/mol. The number of rotatable bonds is 2. The molecular weight excluding hydrogens is 116 g/mol. The van der Waals surface area contributed by atoms with Crippen LogP contribution in [0.1, 0.15) is 21.3 Å². The average molecular weight is 132 g/mol. The molecule has 0 saturated carbocycles. The lowest BCUT2D eigenvalue weighted by molar-refractivity contribution is 0.344. The van der Waals surface area contributed by atoms with E-state index in [1.165, 1.54) is 0 Å². The van der Waals surface area contributed by atoms with Crippen molar-refractivity contribution in [3.63, 3.8) is 0 Å². The SMILES string of the molecule is C.C.C1OC1CC1CO1. The van der Waals surface area contributed by atoms with Gasteiger partial charge < -0.3 is 9.47 Å². The summed E-state index contributed by atoms with van der Waals surface area (Å²) in [6.07, 6.45) is 2.26. The van der Waals surface area contributed by atoms with Crippen molar-refractivity contribution in [3.8, 4) is 0 Å². The molecule has 2 saturated heterocycles.